The molecule has 0 aromatic heterocycles. The van der Waals surface area contributed by atoms with Crippen LogP contribution in [0.5, 0.6) is 5.75 Å². The summed E-state index contributed by atoms with van der Waals surface area (Å²) in [6, 6.07) is 8.35. The van der Waals surface area contributed by atoms with Crippen molar-refractivity contribution in [2.24, 2.45) is 0 Å². The molecule has 3 heteroatoms. The molecular formula is C18H31NO2. The highest BCUT2D eigenvalue weighted by Crippen LogP contribution is 2.13. The van der Waals surface area contributed by atoms with Gasteiger partial charge in [0.25, 0.3) is 0 Å². The van der Waals surface area contributed by atoms with E-state index < -0.39 is 0 Å². The van der Waals surface area contributed by atoms with Crippen LogP contribution >= 0.6 is 0 Å². The van der Waals surface area contributed by atoms with Gasteiger partial charge in [-0.25, -0.2) is 0 Å². The van der Waals surface area contributed by atoms with Gasteiger partial charge < -0.3 is 14.8 Å². The summed E-state index contributed by atoms with van der Waals surface area (Å²) in [7, 11) is 0. The zero-order valence-corrected chi connectivity index (χ0v) is 14.1. The van der Waals surface area contributed by atoms with Crippen molar-refractivity contribution in [3.8, 4) is 5.75 Å². The number of rotatable bonds is 11. The third kappa shape index (κ3) is 8.08. The van der Waals surface area contributed by atoms with E-state index in [0.717, 1.165) is 38.5 Å². The van der Waals surface area contributed by atoms with Crippen LogP contribution in [0, 0.1) is 0 Å². The molecule has 0 amide bonds. The smallest absolute Gasteiger partial charge is 0.119 e. The fraction of sp³-hybridized carbons (Fsp3) is 0.667. The van der Waals surface area contributed by atoms with Crippen LogP contribution in [0.1, 0.15) is 52.5 Å². The van der Waals surface area contributed by atoms with Crippen molar-refractivity contribution in [3.63, 3.8) is 0 Å². The molecular weight excluding hydrogens is 262 g/mol. The molecule has 0 saturated carbocycles. The average molecular weight is 293 g/mol. The van der Waals surface area contributed by atoms with Crippen molar-refractivity contribution >= 4 is 0 Å². The highest BCUT2D eigenvalue weighted by Gasteiger charge is 2.16. The molecule has 1 N–H and O–H groups in total. The SMILES string of the molecule is CCCCCOc1ccc(CNCC(C)(C)OCC)cc1. The van der Waals surface area contributed by atoms with Gasteiger partial charge in [-0.3, -0.25) is 0 Å². The summed E-state index contributed by atoms with van der Waals surface area (Å²) in [5.74, 6) is 0.962. The summed E-state index contributed by atoms with van der Waals surface area (Å²) in [6.45, 7) is 11.7. The fourth-order valence-electron chi connectivity index (χ4n) is 2.20. The first-order chi connectivity index (χ1) is 10.1. The van der Waals surface area contributed by atoms with Gasteiger partial charge in [0.15, 0.2) is 0 Å². The summed E-state index contributed by atoms with van der Waals surface area (Å²) in [5.41, 5.74) is 1.15. The van der Waals surface area contributed by atoms with E-state index in [1.807, 2.05) is 6.92 Å². The van der Waals surface area contributed by atoms with Crippen LogP contribution in [0.25, 0.3) is 0 Å². The highest BCUT2D eigenvalue weighted by molar-refractivity contribution is 5.27. The number of hydrogen-bond donors (Lipinski definition) is 1. The van der Waals surface area contributed by atoms with E-state index in [1.54, 1.807) is 0 Å². The maximum absolute atomic E-state index is 5.71. The minimum Gasteiger partial charge on any atom is -0.494 e. The molecule has 0 bridgehead atoms. The number of hydrogen-bond acceptors (Lipinski definition) is 3. The van der Waals surface area contributed by atoms with E-state index in [9.17, 15) is 0 Å². The molecule has 3 nitrogen and oxygen atoms in total. The largest absolute Gasteiger partial charge is 0.494 e. The molecule has 0 unspecified atom stereocenters. The first-order valence-electron chi connectivity index (χ1n) is 8.14. The molecule has 0 atom stereocenters. The maximum Gasteiger partial charge on any atom is 0.119 e. The summed E-state index contributed by atoms with van der Waals surface area (Å²) < 4.78 is 11.4. The van der Waals surface area contributed by atoms with Crippen LogP contribution in [-0.4, -0.2) is 25.4 Å². The maximum atomic E-state index is 5.71. The monoisotopic (exact) mass is 293 g/mol. The average Bonchev–Trinajstić information content (AvgIpc) is 2.45. The summed E-state index contributed by atoms with van der Waals surface area (Å²) in [5, 5.41) is 3.44. The van der Waals surface area contributed by atoms with Gasteiger partial charge in [-0.2, -0.15) is 0 Å². The Morgan fingerprint density at radius 3 is 2.38 bits per heavy atom. The molecule has 1 rings (SSSR count). The van der Waals surface area contributed by atoms with E-state index in [1.165, 1.54) is 18.4 Å². The predicted molar refractivity (Wildman–Crippen MR) is 88.9 cm³/mol. The second-order valence-electron chi connectivity index (χ2n) is 6.00. The molecule has 21 heavy (non-hydrogen) atoms. The zero-order valence-electron chi connectivity index (χ0n) is 14.1. The Labute approximate surface area is 130 Å². The van der Waals surface area contributed by atoms with Crippen LogP contribution in [0.2, 0.25) is 0 Å². The van der Waals surface area contributed by atoms with Crippen LogP contribution < -0.4 is 10.1 Å². The number of nitrogens with one attached hydrogen (secondary N) is 1. The molecule has 120 valence electrons. The van der Waals surface area contributed by atoms with Crippen molar-refractivity contribution in [2.45, 2.75) is 59.1 Å². The lowest BCUT2D eigenvalue weighted by atomic mass is 10.1. The van der Waals surface area contributed by atoms with Crippen LogP contribution in [0.15, 0.2) is 24.3 Å². The topological polar surface area (TPSA) is 30.5 Å². The molecule has 0 saturated heterocycles. The Morgan fingerprint density at radius 2 is 1.76 bits per heavy atom. The lowest BCUT2D eigenvalue weighted by molar-refractivity contribution is -0.00897. The quantitative estimate of drug-likeness (QED) is 0.621. The fourth-order valence-corrected chi connectivity index (χ4v) is 2.20. The van der Waals surface area contributed by atoms with E-state index in [-0.39, 0.29) is 5.60 Å². The summed E-state index contributed by atoms with van der Waals surface area (Å²) in [4.78, 5) is 0. The molecule has 0 aliphatic heterocycles. The van der Waals surface area contributed by atoms with E-state index in [4.69, 9.17) is 9.47 Å². The molecule has 1 aromatic carbocycles. The van der Waals surface area contributed by atoms with E-state index in [0.29, 0.717) is 0 Å². The number of ether oxygens (including phenoxy) is 2. The number of benzene rings is 1. The minimum atomic E-state index is -0.114. The normalized spacial score (nSPS) is 11.6. The van der Waals surface area contributed by atoms with Gasteiger partial charge in [0, 0.05) is 19.7 Å². The first-order valence-corrected chi connectivity index (χ1v) is 8.14. The molecule has 0 aliphatic rings. The van der Waals surface area contributed by atoms with Crippen molar-refractivity contribution in [2.75, 3.05) is 19.8 Å². The second-order valence-corrected chi connectivity index (χ2v) is 6.00. The van der Waals surface area contributed by atoms with Crippen molar-refractivity contribution in [1.82, 2.24) is 5.32 Å². The van der Waals surface area contributed by atoms with Crippen molar-refractivity contribution in [3.05, 3.63) is 29.8 Å². The Balaban J connectivity index is 2.27. The van der Waals surface area contributed by atoms with Crippen molar-refractivity contribution in [1.29, 1.82) is 0 Å². The van der Waals surface area contributed by atoms with Gasteiger partial charge in [-0.15, -0.1) is 0 Å². The number of unbranched alkanes of at least 4 members (excludes halogenated alkanes) is 2. The standard InChI is InChI=1S/C18H31NO2/c1-5-7-8-13-20-17-11-9-16(10-12-17)14-19-15-18(3,4)21-6-2/h9-12,19H,5-8,13-15H2,1-4H3. The van der Waals surface area contributed by atoms with Crippen molar-refractivity contribution < 1.29 is 9.47 Å². The molecule has 0 spiro atoms. The Hall–Kier alpha value is -1.06. The van der Waals surface area contributed by atoms with Gasteiger partial charge in [-0.1, -0.05) is 31.9 Å². The van der Waals surface area contributed by atoms with Crippen LogP contribution in [-0.2, 0) is 11.3 Å². The predicted octanol–water partition coefficient (Wildman–Crippen LogP) is 4.16. The highest BCUT2D eigenvalue weighted by atomic mass is 16.5. The molecule has 0 heterocycles. The summed E-state index contributed by atoms with van der Waals surface area (Å²) >= 11 is 0. The van der Waals surface area contributed by atoms with E-state index >= 15 is 0 Å². The van der Waals surface area contributed by atoms with Crippen LogP contribution in [0.3, 0.4) is 0 Å². The van der Waals surface area contributed by atoms with Crippen LogP contribution in [0.4, 0.5) is 0 Å². The minimum absolute atomic E-state index is 0.114. The zero-order chi connectivity index (χ0) is 15.6. The van der Waals surface area contributed by atoms with E-state index in [2.05, 4.69) is 50.4 Å². The Morgan fingerprint density at radius 1 is 1.05 bits per heavy atom. The van der Waals surface area contributed by atoms with Gasteiger partial charge in [0.1, 0.15) is 5.75 Å². The third-order valence-corrected chi connectivity index (χ3v) is 3.35. The Bertz CT molecular complexity index is 373. The first kappa shape index (κ1) is 18.0. The Kier molecular flexibility index (Phi) is 8.40. The molecule has 0 aliphatic carbocycles. The third-order valence-electron chi connectivity index (χ3n) is 3.35. The molecule has 0 fully saturated rings. The van der Waals surface area contributed by atoms with Gasteiger partial charge in [0.05, 0.1) is 12.2 Å². The lowest BCUT2D eigenvalue weighted by Gasteiger charge is -2.25. The van der Waals surface area contributed by atoms with Gasteiger partial charge in [0.2, 0.25) is 0 Å². The summed E-state index contributed by atoms with van der Waals surface area (Å²) in [6.07, 6.45) is 3.59. The lowest BCUT2D eigenvalue weighted by Crippen LogP contribution is -2.37. The second kappa shape index (κ2) is 9.80. The van der Waals surface area contributed by atoms with Gasteiger partial charge in [-0.05, 0) is 44.9 Å². The molecule has 0 radical (unpaired) electrons. The molecule has 1 aromatic rings. The van der Waals surface area contributed by atoms with Gasteiger partial charge >= 0.3 is 0 Å².